The third-order valence-corrected chi connectivity index (χ3v) is 11.6. The van der Waals surface area contributed by atoms with E-state index in [1.54, 1.807) is 12.1 Å². The molecular weight excluding hydrogens is 532 g/mol. The number of sulfonamides is 1. The quantitative estimate of drug-likeness (QED) is 0.536. The summed E-state index contributed by atoms with van der Waals surface area (Å²) >= 11 is 1.46. The van der Waals surface area contributed by atoms with Gasteiger partial charge in [0.2, 0.25) is 10.0 Å². The SMILES string of the molecule is CC1CCN(S(=O)(=O)c2ccc(C(=O)Nc3sc4c(c3C(=O)N3CCCC3)CC(C)(C)NC4(C)C)cc2)CC1. The van der Waals surface area contributed by atoms with E-state index in [1.807, 2.05) is 4.90 Å². The van der Waals surface area contributed by atoms with Gasteiger partial charge in [0.25, 0.3) is 11.8 Å². The molecule has 212 valence electrons. The van der Waals surface area contributed by atoms with Crippen molar-refractivity contribution in [1.82, 2.24) is 14.5 Å². The molecule has 10 heteroatoms. The Balaban J connectivity index is 1.43. The molecule has 2 amide bonds. The van der Waals surface area contributed by atoms with Crippen molar-refractivity contribution < 1.29 is 18.0 Å². The number of fused-ring (bicyclic) bond motifs is 1. The van der Waals surface area contributed by atoms with Gasteiger partial charge < -0.3 is 15.5 Å². The Kier molecular flexibility index (Phi) is 7.45. The summed E-state index contributed by atoms with van der Waals surface area (Å²) in [5, 5.41) is 7.27. The number of thiophene rings is 1. The monoisotopic (exact) mass is 572 g/mol. The van der Waals surface area contributed by atoms with Crippen molar-refractivity contribution in [3.8, 4) is 0 Å². The maximum atomic E-state index is 13.8. The maximum absolute atomic E-state index is 13.8. The van der Waals surface area contributed by atoms with Gasteiger partial charge in [-0.15, -0.1) is 11.3 Å². The Morgan fingerprint density at radius 3 is 2.23 bits per heavy atom. The van der Waals surface area contributed by atoms with E-state index in [2.05, 4.69) is 45.3 Å². The highest BCUT2D eigenvalue weighted by atomic mass is 32.2. The molecule has 3 aliphatic rings. The zero-order valence-electron chi connectivity index (χ0n) is 23.6. The summed E-state index contributed by atoms with van der Waals surface area (Å²) < 4.78 is 27.8. The van der Waals surface area contributed by atoms with Gasteiger partial charge in [0.1, 0.15) is 5.00 Å². The number of carbonyl (C=O) groups excluding carboxylic acids is 2. The first-order valence-electron chi connectivity index (χ1n) is 13.9. The second kappa shape index (κ2) is 10.3. The lowest BCUT2D eigenvalue weighted by molar-refractivity contribution is 0.0792. The summed E-state index contributed by atoms with van der Waals surface area (Å²) in [5.41, 5.74) is 1.41. The van der Waals surface area contributed by atoms with Crippen LogP contribution in [0.25, 0.3) is 0 Å². The Morgan fingerprint density at radius 2 is 1.62 bits per heavy atom. The molecule has 2 saturated heterocycles. The van der Waals surface area contributed by atoms with Gasteiger partial charge in [-0.25, -0.2) is 8.42 Å². The number of hydrogen-bond acceptors (Lipinski definition) is 6. The molecule has 2 aromatic rings. The first kappa shape index (κ1) is 28.3. The van der Waals surface area contributed by atoms with E-state index in [1.165, 1.54) is 27.8 Å². The number of piperidine rings is 1. The molecule has 1 aromatic heterocycles. The second-order valence-corrected chi connectivity index (χ2v) is 15.4. The average Bonchev–Trinajstić information content (AvgIpc) is 3.52. The molecule has 8 nitrogen and oxygen atoms in total. The maximum Gasteiger partial charge on any atom is 0.257 e. The first-order chi connectivity index (χ1) is 18.3. The van der Waals surface area contributed by atoms with Crippen LogP contribution in [0.2, 0.25) is 0 Å². The van der Waals surface area contributed by atoms with Gasteiger partial charge in [-0.1, -0.05) is 6.92 Å². The molecule has 2 N–H and O–H groups in total. The van der Waals surface area contributed by atoms with E-state index >= 15 is 0 Å². The van der Waals surface area contributed by atoms with Crippen LogP contribution >= 0.6 is 11.3 Å². The molecule has 0 radical (unpaired) electrons. The van der Waals surface area contributed by atoms with E-state index in [-0.39, 0.29) is 27.8 Å². The van der Waals surface area contributed by atoms with Crippen molar-refractivity contribution in [3.63, 3.8) is 0 Å². The first-order valence-corrected chi connectivity index (χ1v) is 16.2. The van der Waals surface area contributed by atoms with Gasteiger partial charge in [-0.2, -0.15) is 4.31 Å². The molecule has 2 fully saturated rings. The van der Waals surface area contributed by atoms with Crippen molar-refractivity contribution in [2.24, 2.45) is 5.92 Å². The zero-order chi connectivity index (χ0) is 28.2. The average molecular weight is 573 g/mol. The Hall–Kier alpha value is -2.27. The fourth-order valence-corrected chi connectivity index (χ4v) is 8.98. The van der Waals surface area contributed by atoms with Gasteiger partial charge in [0.15, 0.2) is 0 Å². The lowest BCUT2D eigenvalue weighted by Crippen LogP contribution is -2.55. The molecule has 0 spiro atoms. The van der Waals surface area contributed by atoms with Crippen LogP contribution in [-0.2, 0) is 22.0 Å². The molecule has 4 heterocycles. The number of rotatable bonds is 5. The third kappa shape index (κ3) is 5.53. The normalized spacial score (nSPS) is 21.5. The van der Waals surface area contributed by atoms with Crippen LogP contribution in [0.5, 0.6) is 0 Å². The third-order valence-electron chi connectivity index (χ3n) is 8.18. The van der Waals surface area contributed by atoms with Crippen LogP contribution in [-0.4, -0.2) is 61.2 Å². The fraction of sp³-hybridized carbons (Fsp3) is 0.586. The predicted octanol–water partition coefficient (Wildman–Crippen LogP) is 4.82. The molecule has 0 atom stereocenters. The minimum Gasteiger partial charge on any atom is -0.339 e. The summed E-state index contributed by atoms with van der Waals surface area (Å²) in [6, 6.07) is 6.12. The van der Waals surface area contributed by atoms with Crippen molar-refractivity contribution in [2.75, 3.05) is 31.5 Å². The van der Waals surface area contributed by atoms with Crippen LogP contribution in [0.3, 0.4) is 0 Å². The lowest BCUT2D eigenvalue weighted by Gasteiger charge is -2.42. The molecule has 0 saturated carbocycles. The largest absolute Gasteiger partial charge is 0.339 e. The molecule has 3 aliphatic heterocycles. The van der Waals surface area contributed by atoms with Crippen molar-refractivity contribution in [3.05, 3.63) is 45.8 Å². The number of nitrogens with zero attached hydrogens (tertiary/aromatic N) is 2. The van der Waals surface area contributed by atoms with E-state index in [9.17, 15) is 18.0 Å². The highest BCUT2D eigenvalue weighted by molar-refractivity contribution is 7.89. The minimum absolute atomic E-state index is 0.0221. The second-order valence-electron chi connectivity index (χ2n) is 12.5. The smallest absolute Gasteiger partial charge is 0.257 e. The highest BCUT2D eigenvalue weighted by Crippen LogP contribution is 2.45. The summed E-state index contributed by atoms with van der Waals surface area (Å²) in [6.07, 6.45) is 4.38. The molecule has 39 heavy (non-hydrogen) atoms. The summed E-state index contributed by atoms with van der Waals surface area (Å²) in [7, 11) is -3.59. The number of nitrogens with one attached hydrogen (secondary N) is 2. The number of amides is 2. The van der Waals surface area contributed by atoms with Gasteiger partial charge in [0.05, 0.1) is 10.5 Å². The standard InChI is InChI=1S/C29H40N4O4S2/c1-19-12-16-33(17-13-19)39(36,37)21-10-8-20(9-11-21)25(34)30-26-23(27(35)32-14-6-7-15-32)22-18-28(2,3)31-29(4,5)24(22)38-26/h8-11,19,31H,6-7,12-18H2,1-5H3,(H,30,34). The van der Waals surface area contributed by atoms with Gasteiger partial charge >= 0.3 is 0 Å². The highest BCUT2D eigenvalue weighted by Gasteiger charge is 2.42. The van der Waals surface area contributed by atoms with Crippen LogP contribution in [0.4, 0.5) is 5.00 Å². The Morgan fingerprint density at radius 1 is 1.00 bits per heavy atom. The Bertz CT molecular complexity index is 1360. The molecule has 1 aromatic carbocycles. The zero-order valence-corrected chi connectivity index (χ0v) is 25.2. The topological polar surface area (TPSA) is 98.8 Å². The van der Waals surface area contributed by atoms with Gasteiger partial charge in [0, 0.05) is 47.7 Å². The predicted molar refractivity (Wildman–Crippen MR) is 155 cm³/mol. The molecule has 0 unspecified atom stereocenters. The van der Waals surface area contributed by atoms with Crippen LogP contribution < -0.4 is 10.6 Å². The molecule has 0 bridgehead atoms. The Labute approximate surface area is 236 Å². The van der Waals surface area contributed by atoms with E-state index < -0.39 is 10.0 Å². The van der Waals surface area contributed by atoms with Crippen molar-refractivity contribution in [1.29, 1.82) is 0 Å². The summed E-state index contributed by atoms with van der Waals surface area (Å²) in [4.78, 5) is 30.3. The van der Waals surface area contributed by atoms with Crippen LogP contribution in [0.15, 0.2) is 29.2 Å². The number of anilines is 1. The summed E-state index contributed by atoms with van der Waals surface area (Å²) in [6.45, 7) is 13.1. The van der Waals surface area contributed by atoms with E-state index in [4.69, 9.17) is 0 Å². The number of carbonyl (C=O) groups is 2. The van der Waals surface area contributed by atoms with Gasteiger partial charge in [-0.3, -0.25) is 9.59 Å². The minimum atomic E-state index is -3.59. The number of hydrogen-bond donors (Lipinski definition) is 2. The van der Waals surface area contributed by atoms with Crippen molar-refractivity contribution >= 4 is 38.2 Å². The van der Waals surface area contributed by atoms with Crippen LogP contribution in [0.1, 0.15) is 91.5 Å². The van der Waals surface area contributed by atoms with Gasteiger partial charge in [-0.05, 0) is 95.5 Å². The number of benzene rings is 1. The van der Waals surface area contributed by atoms with E-state index in [0.29, 0.717) is 41.6 Å². The van der Waals surface area contributed by atoms with Crippen molar-refractivity contribution in [2.45, 2.75) is 82.7 Å². The number of likely N-dealkylation sites (tertiary alicyclic amines) is 1. The van der Waals surface area contributed by atoms with E-state index in [0.717, 1.165) is 49.2 Å². The fourth-order valence-electron chi connectivity index (χ4n) is 6.25. The molecule has 5 rings (SSSR count). The summed E-state index contributed by atoms with van der Waals surface area (Å²) in [5.74, 6) is 0.149. The molecular formula is C29H40N4O4S2. The molecule has 0 aliphatic carbocycles. The lowest BCUT2D eigenvalue weighted by atomic mass is 9.81. The van der Waals surface area contributed by atoms with Crippen LogP contribution in [0, 0.1) is 5.92 Å².